The lowest BCUT2D eigenvalue weighted by Crippen LogP contribution is -2.43. The summed E-state index contributed by atoms with van der Waals surface area (Å²) in [5, 5.41) is 7.22. The van der Waals surface area contributed by atoms with Crippen molar-refractivity contribution in [3.05, 3.63) is 45.6 Å². The molecule has 0 aliphatic carbocycles. The van der Waals surface area contributed by atoms with Gasteiger partial charge in [-0.15, -0.1) is 0 Å². The van der Waals surface area contributed by atoms with Crippen molar-refractivity contribution in [2.75, 3.05) is 18.4 Å². The topological polar surface area (TPSA) is 75.4 Å². The summed E-state index contributed by atoms with van der Waals surface area (Å²) in [5.74, 6) is 0.386. The van der Waals surface area contributed by atoms with Crippen LogP contribution in [0.2, 0.25) is 10.0 Å². The highest BCUT2D eigenvalue weighted by Gasteiger charge is 2.29. The Kier molecular flexibility index (Phi) is 5.30. The maximum absolute atomic E-state index is 12.7. The molecule has 1 saturated heterocycles. The highest BCUT2D eigenvalue weighted by molar-refractivity contribution is 6.42. The molecule has 2 aromatic rings. The van der Waals surface area contributed by atoms with Gasteiger partial charge in [0.15, 0.2) is 5.82 Å². The molecule has 1 aromatic heterocycles. The normalized spacial score (nSPS) is 17.4. The van der Waals surface area contributed by atoms with Crippen molar-refractivity contribution in [3.8, 4) is 0 Å². The molecular weight excluding hydrogens is 365 g/mol. The van der Waals surface area contributed by atoms with Crippen LogP contribution in [0.4, 0.5) is 5.82 Å². The number of nitrogens with zero attached hydrogens (tertiary/aromatic N) is 2. The van der Waals surface area contributed by atoms with Crippen LogP contribution in [0.5, 0.6) is 0 Å². The van der Waals surface area contributed by atoms with Gasteiger partial charge in [0.1, 0.15) is 5.76 Å². The van der Waals surface area contributed by atoms with Crippen LogP contribution in [0.15, 0.2) is 28.8 Å². The molecule has 0 radical (unpaired) electrons. The molecule has 1 N–H and O–H groups in total. The van der Waals surface area contributed by atoms with Crippen molar-refractivity contribution in [3.63, 3.8) is 0 Å². The molecule has 1 aliphatic heterocycles. The van der Waals surface area contributed by atoms with Crippen molar-refractivity contribution < 1.29 is 14.1 Å². The summed E-state index contributed by atoms with van der Waals surface area (Å²) >= 11 is 11.9. The van der Waals surface area contributed by atoms with Gasteiger partial charge in [0.2, 0.25) is 5.91 Å². The minimum Gasteiger partial charge on any atom is -0.360 e. The molecule has 8 heteroatoms. The zero-order valence-corrected chi connectivity index (χ0v) is 15.1. The summed E-state index contributed by atoms with van der Waals surface area (Å²) < 4.78 is 4.94. The van der Waals surface area contributed by atoms with Crippen LogP contribution in [-0.2, 0) is 4.79 Å². The van der Waals surface area contributed by atoms with Crippen LogP contribution in [-0.4, -0.2) is 35.0 Å². The number of rotatable bonds is 3. The van der Waals surface area contributed by atoms with Gasteiger partial charge < -0.3 is 14.7 Å². The van der Waals surface area contributed by atoms with Crippen LogP contribution in [0.3, 0.4) is 0 Å². The largest absolute Gasteiger partial charge is 0.360 e. The number of anilines is 1. The Labute approximate surface area is 155 Å². The highest BCUT2D eigenvalue weighted by atomic mass is 35.5. The lowest BCUT2D eigenvalue weighted by atomic mass is 9.96. The van der Waals surface area contributed by atoms with Gasteiger partial charge in [-0.25, -0.2) is 0 Å². The first kappa shape index (κ1) is 17.8. The van der Waals surface area contributed by atoms with Crippen molar-refractivity contribution >= 4 is 40.8 Å². The molecule has 0 bridgehead atoms. The summed E-state index contributed by atoms with van der Waals surface area (Å²) in [6.45, 7) is 2.70. The van der Waals surface area contributed by atoms with E-state index in [0.29, 0.717) is 46.7 Å². The number of hydrogen-bond donors (Lipinski definition) is 1. The van der Waals surface area contributed by atoms with Crippen LogP contribution < -0.4 is 5.32 Å². The van der Waals surface area contributed by atoms with E-state index in [1.807, 2.05) is 0 Å². The van der Waals surface area contributed by atoms with Gasteiger partial charge >= 0.3 is 0 Å². The number of carbonyl (C=O) groups is 2. The highest BCUT2D eigenvalue weighted by Crippen LogP contribution is 2.25. The first-order valence-corrected chi connectivity index (χ1v) is 8.68. The van der Waals surface area contributed by atoms with Crippen LogP contribution in [0, 0.1) is 12.8 Å². The molecule has 1 unspecified atom stereocenters. The lowest BCUT2D eigenvalue weighted by Gasteiger charge is -2.32. The van der Waals surface area contributed by atoms with Gasteiger partial charge in [-0.05, 0) is 38.0 Å². The fourth-order valence-corrected chi connectivity index (χ4v) is 3.14. The van der Waals surface area contributed by atoms with Gasteiger partial charge in [-0.1, -0.05) is 28.4 Å². The Balaban J connectivity index is 1.66. The number of aryl methyl sites for hydroxylation is 1. The summed E-state index contributed by atoms with van der Waals surface area (Å²) in [6, 6.07) is 6.43. The van der Waals surface area contributed by atoms with Gasteiger partial charge in [0, 0.05) is 24.7 Å². The SMILES string of the molecule is Cc1cc(NC(=O)C2CCCN(C(=O)c3ccc(Cl)c(Cl)c3)C2)no1. The maximum atomic E-state index is 12.7. The van der Waals surface area contributed by atoms with Crippen LogP contribution in [0.1, 0.15) is 29.0 Å². The lowest BCUT2D eigenvalue weighted by molar-refractivity contribution is -0.121. The third kappa shape index (κ3) is 4.14. The van der Waals surface area contributed by atoms with Crippen molar-refractivity contribution in [1.29, 1.82) is 0 Å². The van der Waals surface area contributed by atoms with E-state index in [2.05, 4.69) is 10.5 Å². The van der Waals surface area contributed by atoms with Gasteiger partial charge in [0.05, 0.1) is 16.0 Å². The number of carbonyl (C=O) groups excluding carboxylic acids is 2. The number of piperidine rings is 1. The number of amides is 2. The van der Waals surface area contributed by atoms with E-state index >= 15 is 0 Å². The van der Waals surface area contributed by atoms with E-state index in [1.165, 1.54) is 0 Å². The summed E-state index contributed by atoms with van der Waals surface area (Å²) in [7, 11) is 0. The monoisotopic (exact) mass is 381 g/mol. The fraction of sp³-hybridized carbons (Fsp3) is 0.353. The zero-order chi connectivity index (χ0) is 18.0. The van der Waals surface area contributed by atoms with E-state index in [4.69, 9.17) is 27.7 Å². The average molecular weight is 382 g/mol. The predicted octanol–water partition coefficient (Wildman–Crippen LogP) is 3.78. The Bertz CT molecular complexity index is 806. The molecule has 6 nitrogen and oxygen atoms in total. The minimum atomic E-state index is -0.294. The van der Waals surface area contributed by atoms with E-state index in [1.54, 1.807) is 36.1 Å². The quantitative estimate of drug-likeness (QED) is 0.877. The van der Waals surface area contributed by atoms with E-state index in [0.717, 1.165) is 6.42 Å². The number of halogens is 2. The molecule has 2 heterocycles. The standard InChI is InChI=1S/C17H17Cl2N3O3/c1-10-7-15(21-25-10)20-16(23)12-3-2-6-22(9-12)17(24)11-4-5-13(18)14(19)8-11/h4-5,7-8,12H,2-3,6,9H2,1H3,(H,20,21,23). The number of hydrogen-bond acceptors (Lipinski definition) is 4. The summed E-state index contributed by atoms with van der Waals surface area (Å²) in [5.41, 5.74) is 0.461. The minimum absolute atomic E-state index is 0.159. The van der Waals surface area contributed by atoms with Gasteiger partial charge in [-0.2, -0.15) is 0 Å². The van der Waals surface area contributed by atoms with Gasteiger partial charge in [0.25, 0.3) is 5.91 Å². The molecule has 0 spiro atoms. The second-order valence-corrected chi connectivity index (χ2v) is 6.85. The smallest absolute Gasteiger partial charge is 0.253 e. The van der Waals surface area contributed by atoms with Gasteiger partial charge in [-0.3, -0.25) is 9.59 Å². The second kappa shape index (κ2) is 7.45. The van der Waals surface area contributed by atoms with E-state index in [-0.39, 0.29) is 17.7 Å². The summed E-state index contributed by atoms with van der Waals surface area (Å²) in [6.07, 6.45) is 1.47. The first-order valence-electron chi connectivity index (χ1n) is 7.92. The van der Waals surface area contributed by atoms with E-state index in [9.17, 15) is 9.59 Å². The Morgan fingerprint density at radius 1 is 1.28 bits per heavy atom. The third-order valence-electron chi connectivity index (χ3n) is 4.13. The molecular formula is C17H17Cl2N3O3. The molecule has 1 atom stereocenters. The molecule has 0 saturated carbocycles. The van der Waals surface area contributed by atoms with Crippen molar-refractivity contribution in [2.24, 2.45) is 5.92 Å². The number of aromatic nitrogens is 1. The molecule has 3 rings (SSSR count). The molecule has 1 aliphatic rings. The van der Waals surface area contributed by atoms with Crippen molar-refractivity contribution in [1.82, 2.24) is 10.1 Å². The Morgan fingerprint density at radius 2 is 2.08 bits per heavy atom. The Hall–Kier alpha value is -2.05. The molecule has 25 heavy (non-hydrogen) atoms. The van der Waals surface area contributed by atoms with Crippen LogP contribution >= 0.6 is 23.2 Å². The Morgan fingerprint density at radius 3 is 2.76 bits per heavy atom. The third-order valence-corrected chi connectivity index (χ3v) is 4.86. The maximum Gasteiger partial charge on any atom is 0.253 e. The zero-order valence-electron chi connectivity index (χ0n) is 13.6. The van der Waals surface area contributed by atoms with Crippen LogP contribution in [0.25, 0.3) is 0 Å². The molecule has 2 amide bonds. The number of nitrogens with one attached hydrogen (secondary N) is 1. The van der Waals surface area contributed by atoms with E-state index < -0.39 is 0 Å². The number of likely N-dealkylation sites (tertiary alicyclic amines) is 1. The number of benzene rings is 1. The molecule has 132 valence electrons. The van der Waals surface area contributed by atoms with Crippen molar-refractivity contribution in [2.45, 2.75) is 19.8 Å². The summed E-state index contributed by atoms with van der Waals surface area (Å²) in [4.78, 5) is 26.7. The average Bonchev–Trinajstić information content (AvgIpc) is 3.01. The predicted molar refractivity (Wildman–Crippen MR) is 95.0 cm³/mol. The first-order chi connectivity index (χ1) is 11.9. The molecule has 1 fully saturated rings. The second-order valence-electron chi connectivity index (χ2n) is 6.03. The fourth-order valence-electron chi connectivity index (χ4n) is 2.84. The molecule has 1 aromatic carbocycles.